The van der Waals surface area contributed by atoms with Gasteiger partial charge < -0.3 is 15.0 Å². The third-order valence-corrected chi connectivity index (χ3v) is 5.16. The molecule has 1 N–H and O–H groups in total. The van der Waals surface area contributed by atoms with Gasteiger partial charge in [0.2, 0.25) is 0 Å². The number of likely N-dealkylation sites (tertiary alicyclic amines) is 1. The molecule has 2 atom stereocenters. The van der Waals surface area contributed by atoms with E-state index in [9.17, 15) is 0 Å². The Labute approximate surface area is 134 Å². The Bertz CT molecular complexity index is 443. The zero-order valence-electron chi connectivity index (χ0n) is 13.9. The van der Waals surface area contributed by atoms with Crippen LogP contribution in [-0.4, -0.2) is 54.3 Å². The van der Waals surface area contributed by atoms with Crippen LogP contribution in [0.4, 0.5) is 0 Å². The molecule has 3 rings (SSSR count). The maximum absolute atomic E-state index is 5.75. The summed E-state index contributed by atoms with van der Waals surface area (Å²) in [5.74, 6) is 0.588. The normalized spacial score (nSPS) is 27.6. The van der Waals surface area contributed by atoms with Crippen LogP contribution in [0.3, 0.4) is 0 Å². The molecule has 2 fully saturated rings. The predicted molar refractivity (Wildman–Crippen MR) is 88.9 cm³/mol. The Morgan fingerprint density at radius 1 is 1.23 bits per heavy atom. The summed E-state index contributed by atoms with van der Waals surface area (Å²) in [5.41, 5.74) is 1.37. The van der Waals surface area contributed by atoms with Crippen LogP contribution < -0.4 is 5.32 Å². The molecule has 0 amide bonds. The standard InChI is InChI=1S/C18H29N3O/c1-14(2)21-9-5-17(6-10-21)20-18-13-22-12-16(18)11-15-3-7-19-8-4-15/h3-4,7-8,14,16-18,20H,5-6,9-13H2,1-2H3/t16-,18+/m1/s1. The van der Waals surface area contributed by atoms with Crippen molar-refractivity contribution < 1.29 is 4.74 Å². The Kier molecular flexibility index (Phi) is 5.45. The fraction of sp³-hybridized carbons (Fsp3) is 0.722. The van der Waals surface area contributed by atoms with Crippen molar-refractivity contribution in [2.75, 3.05) is 26.3 Å². The molecule has 0 radical (unpaired) electrons. The average Bonchev–Trinajstić information content (AvgIpc) is 2.96. The second-order valence-corrected chi connectivity index (χ2v) is 7.03. The van der Waals surface area contributed by atoms with Gasteiger partial charge in [-0.2, -0.15) is 0 Å². The molecule has 2 aliphatic rings. The van der Waals surface area contributed by atoms with Crippen molar-refractivity contribution in [1.29, 1.82) is 0 Å². The van der Waals surface area contributed by atoms with Crippen LogP contribution in [0, 0.1) is 5.92 Å². The first-order valence-corrected chi connectivity index (χ1v) is 8.69. The van der Waals surface area contributed by atoms with Gasteiger partial charge in [-0.3, -0.25) is 4.98 Å². The van der Waals surface area contributed by atoms with Crippen molar-refractivity contribution in [3.8, 4) is 0 Å². The van der Waals surface area contributed by atoms with E-state index in [1.165, 1.54) is 31.5 Å². The molecule has 2 aliphatic heterocycles. The first-order chi connectivity index (χ1) is 10.7. The number of ether oxygens (including phenoxy) is 1. The summed E-state index contributed by atoms with van der Waals surface area (Å²) < 4.78 is 5.75. The molecule has 1 aromatic heterocycles. The molecule has 122 valence electrons. The SMILES string of the molecule is CC(C)N1CCC(N[C@H]2COC[C@H]2Cc2ccncc2)CC1. The van der Waals surface area contributed by atoms with Crippen LogP contribution in [0.1, 0.15) is 32.3 Å². The van der Waals surface area contributed by atoms with Crippen LogP contribution in [0.15, 0.2) is 24.5 Å². The smallest absolute Gasteiger partial charge is 0.0623 e. The lowest BCUT2D eigenvalue weighted by atomic mass is 9.93. The number of pyridine rings is 1. The molecular formula is C18H29N3O. The Morgan fingerprint density at radius 2 is 1.95 bits per heavy atom. The van der Waals surface area contributed by atoms with Crippen LogP contribution in [0.5, 0.6) is 0 Å². The molecule has 4 heteroatoms. The molecular weight excluding hydrogens is 274 g/mol. The van der Waals surface area contributed by atoms with Crippen LogP contribution in [0.25, 0.3) is 0 Å². The van der Waals surface area contributed by atoms with Crippen LogP contribution in [-0.2, 0) is 11.2 Å². The number of nitrogens with one attached hydrogen (secondary N) is 1. The van der Waals surface area contributed by atoms with Gasteiger partial charge >= 0.3 is 0 Å². The largest absolute Gasteiger partial charge is 0.379 e. The van der Waals surface area contributed by atoms with Gasteiger partial charge in [-0.15, -0.1) is 0 Å². The highest BCUT2D eigenvalue weighted by Gasteiger charge is 2.31. The van der Waals surface area contributed by atoms with Crippen LogP contribution >= 0.6 is 0 Å². The molecule has 4 nitrogen and oxygen atoms in total. The first kappa shape index (κ1) is 15.9. The second kappa shape index (κ2) is 7.53. The van der Waals surface area contributed by atoms with Crippen molar-refractivity contribution >= 4 is 0 Å². The minimum atomic E-state index is 0.503. The highest BCUT2D eigenvalue weighted by Crippen LogP contribution is 2.21. The van der Waals surface area contributed by atoms with Crippen molar-refractivity contribution in [3.63, 3.8) is 0 Å². The van der Waals surface area contributed by atoms with Crippen molar-refractivity contribution in [1.82, 2.24) is 15.2 Å². The van der Waals surface area contributed by atoms with E-state index in [0.29, 0.717) is 24.0 Å². The minimum Gasteiger partial charge on any atom is -0.379 e. The Morgan fingerprint density at radius 3 is 2.64 bits per heavy atom. The molecule has 0 aliphatic carbocycles. The molecule has 2 saturated heterocycles. The number of nitrogens with zero attached hydrogens (tertiary/aromatic N) is 2. The molecule has 0 unspecified atom stereocenters. The van der Waals surface area contributed by atoms with E-state index in [1.807, 2.05) is 12.4 Å². The Hall–Kier alpha value is -0.970. The van der Waals surface area contributed by atoms with Gasteiger partial charge in [-0.05, 0) is 63.9 Å². The average molecular weight is 303 g/mol. The lowest BCUT2D eigenvalue weighted by molar-refractivity contribution is 0.149. The molecule has 0 bridgehead atoms. The third-order valence-electron chi connectivity index (χ3n) is 5.16. The van der Waals surface area contributed by atoms with Gasteiger partial charge in [0.25, 0.3) is 0 Å². The molecule has 3 heterocycles. The van der Waals surface area contributed by atoms with E-state index in [4.69, 9.17) is 4.74 Å². The van der Waals surface area contributed by atoms with E-state index in [1.54, 1.807) is 0 Å². The zero-order chi connectivity index (χ0) is 15.4. The van der Waals surface area contributed by atoms with E-state index in [2.05, 4.69) is 41.2 Å². The summed E-state index contributed by atoms with van der Waals surface area (Å²) in [6.07, 6.45) is 7.38. The number of hydrogen-bond acceptors (Lipinski definition) is 4. The number of aromatic nitrogens is 1. The molecule has 0 spiro atoms. The lowest BCUT2D eigenvalue weighted by Gasteiger charge is -2.36. The van der Waals surface area contributed by atoms with E-state index in [0.717, 1.165) is 19.6 Å². The van der Waals surface area contributed by atoms with Gasteiger partial charge in [0, 0.05) is 36.4 Å². The number of piperidine rings is 1. The van der Waals surface area contributed by atoms with E-state index in [-0.39, 0.29) is 0 Å². The first-order valence-electron chi connectivity index (χ1n) is 8.69. The van der Waals surface area contributed by atoms with E-state index >= 15 is 0 Å². The fourth-order valence-electron chi connectivity index (χ4n) is 3.69. The third kappa shape index (κ3) is 4.06. The highest BCUT2D eigenvalue weighted by molar-refractivity contribution is 5.11. The fourth-order valence-corrected chi connectivity index (χ4v) is 3.69. The summed E-state index contributed by atoms with van der Waals surface area (Å²) in [6.45, 7) is 8.77. The summed E-state index contributed by atoms with van der Waals surface area (Å²) in [7, 11) is 0. The quantitative estimate of drug-likeness (QED) is 0.904. The van der Waals surface area contributed by atoms with Crippen molar-refractivity contribution in [2.45, 2.75) is 51.2 Å². The molecule has 0 saturated carbocycles. The second-order valence-electron chi connectivity index (χ2n) is 7.03. The summed E-state index contributed by atoms with van der Waals surface area (Å²) in [5, 5.41) is 3.88. The van der Waals surface area contributed by atoms with Gasteiger partial charge in [0.1, 0.15) is 0 Å². The minimum absolute atomic E-state index is 0.503. The lowest BCUT2D eigenvalue weighted by Crippen LogP contribution is -2.49. The van der Waals surface area contributed by atoms with Gasteiger partial charge in [0.15, 0.2) is 0 Å². The number of hydrogen-bond donors (Lipinski definition) is 1. The molecule has 1 aromatic rings. The Balaban J connectivity index is 1.49. The number of rotatable bonds is 5. The van der Waals surface area contributed by atoms with Gasteiger partial charge in [-0.25, -0.2) is 0 Å². The maximum atomic E-state index is 5.75. The monoisotopic (exact) mass is 303 g/mol. The zero-order valence-corrected chi connectivity index (χ0v) is 13.9. The summed E-state index contributed by atoms with van der Waals surface area (Å²) in [6, 6.07) is 6.08. The molecule has 0 aromatic carbocycles. The predicted octanol–water partition coefficient (Wildman–Crippen LogP) is 2.10. The van der Waals surface area contributed by atoms with Crippen molar-refractivity contribution in [2.24, 2.45) is 5.92 Å². The van der Waals surface area contributed by atoms with Gasteiger partial charge in [0.05, 0.1) is 13.2 Å². The van der Waals surface area contributed by atoms with E-state index < -0.39 is 0 Å². The van der Waals surface area contributed by atoms with Crippen LogP contribution in [0.2, 0.25) is 0 Å². The molecule has 22 heavy (non-hydrogen) atoms. The summed E-state index contributed by atoms with van der Waals surface area (Å²) in [4.78, 5) is 6.68. The van der Waals surface area contributed by atoms with Crippen molar-refractivity contribution in [3.05, 3.63) is 30.1 Å². The summed E-state index contributed by atoms with van der Waals surface area (Å²) >= 11 is 0. The van der Waals surface area contributed by atoms with Gasteiger partial charge in [-0.1, -0.05) is 0 Å². The topological polar surface area (TPSA) is 37.4 Å². The highest BCUT2D eigenvalue weighted by atomic mass is 16.5. The maximum Gasteiger partial charge on any atom is 0.0623 e.